The standard InChI is InChI=1S/C13H12F2N2/c14-11-3-4-12(15)10(6-11)7-13(16)9-2-1-5-17-8-9/h1-6,8,13H,7,16H2/t13-/m0/s1. The maximum atomic E-state index is 13.4. The summed E-state index contributed by atoms with van der Waals surface area (Å²) in [4.78, 5) is 3.94. The van der Waals surface area contributed by atoms with E-state index in [9.17, 15) is 8.78 Å². The molecular formula is C13H12F2N2. The Morgan fingerprint density at radius 1 is 1.24 bits per heavy atom. The Balaban J connectivity index is 2.18. The third kappa shape index (κ3) is 2.85. The van der Waals surface area contributed by atoms with Crippen LogP contribution in [0.25, 0.3) is 0 Å². The van der Waals surface area contributed by atoms with E-state index >= 15 is 0 Å². The number of rotatable bonds is 3. The third-order valence-corrected chi connectivity index (χ3v) is 2.56. The molecule has 0 fully saturated rings. The lowest BCUT2D eigenvalue weighted by molar-refractivity contribution is 0.572. The van der Waals surface area contributed by atoms with Crippen LogP contribution in [0.3, 0.4) is 0 Å². The normalized spacial score (nSPS) is 12.4. The van der Waals surface area contributed by atoms with Gasteiger partial charge in [-0.25, -0.2) is 8.78 Å². The minimum Gasteiger partial charge on any atom is -0.324 e. The fraction of sp³-hybridized carbons (Fsp3) is 0.154. The van der Waals surface area contributed by atoms with Crippen molar-refractivity contribution < 1.29 is 8.78 Å². The Kier molecular flexibility index (Phi) is 3.44. The minimum atomic E-state index is -0.459. The first-order valence-electron chi connectivity index (χ1n) is 5.26. The number of benzene rings is 1. The molecule has 17 heavy (non-hydrogen) atoms. The first-order valence-corrected chi connectivity index (χ1v) is 5.26. The second-order valence-corrected chi connectivity index (χ2v) is 3.83. The van der Waals surface area contributed by atoms with Crippen LogP contribution >= 0.6 is 0 Å². The maximum absolute atomic E-state index is 13.4. The van der Waals surface area contributed by atoms with Gasteiger partial charge in [-0.2, -0.15) is 0 Å². The largest absolute Gasteiger partial charge is 0.324 e. The molecule has 4 heteroatoms. The highest BCUT2D eigenvalue weighted by Gasteiger charge is 2.11. The summed E-state index contributed by atoms with van der Waals surface area (Å²) in [5.41, 5.74) is 7.00. The number of hydrogen-bond acceptors (Lipinski definition) is 2. The van der Waals surface area contributed by atoms with Gasteiger partial charge in [0.15, 0.2) is 0 Å². The zero-order valence-electron chi connectivity index (χ0n) is 9.11. The quantitative estimate of drug-likeness (QED) is 0.886. The Bertz CT molecular complexity index is 500. The average molecular weight is 234 g/mol. The van der Waals surface area contributed by atoms with E-state index in [4.69, 9.17) is 5.73 Å². The van der Waals surface area contributed by atoms with Crippen LogP contribution in [-0.4, -0.2) is 4.98 Å². The van der Waals surface area contributed by atoms with E-state index in [1.54, 1.807) is 18.5 Å². The van der Waals surface area contributed by atoms with E-state index in [1.165, 1.54) is 6.07 Å². The lowest BCUT2D eigenvalue weighted by Crippen LogP contribution is -2.14. The van der Waals surface area contributed by atoms with Gasteiger partial charge < -0.3 is 5.73 Å². The Hall–Kier alpha value is -1.81. The molecule has 0 saturated carbocycles. The lowest BCUT2D eigenvalue weighted by Gasteiger charge is -2.12. The molecule has 2 N–H and O–H groups in total. The summed E-state index contributed by atoms with van der Waals surface area (Å²) >= 11 is 0. The van der Waals surface area contributed by atoms with Gasteiger partial charge >= 0.3 is 0 Å². The molecule has 0 bridgehead atoms. The van der Waals surface area contributed by atoms with Crippen LogP contribution < -0.4 is 5.73 Å². The number of hydrogen-bond donors (Lipinski definition) is 1. The number of halogens is 2. The molecule has 0 amide bonds. The molecule has 0 saturated heterocycles. The van der Waals surface area contributed by atoms with Gasteiger partial charge in [-0.1, -0.05) is 6.07 Å². The second kappa shape index (κ2) is 5.01. The van der Waals surface area contributed by atoms with Crippen LogP contribution in [0.15, 0.2) is 42.7 Å². The van der Waals surface area contributed by atoms with E-state index in [0.717, 1.165) is 17.7 Å². The SMILES string of the molecule is N[C@@H](Cc1cc(F)ccc1F)c1cccnc1. The maximum Gasteiger partial charge on any atom is 0.126 e. The molecule has 1 atom stereocenters. The summed E-state index contributed by atoms with van der Waals surface area (Å²) in [6, 6.07) is 6.56. The first kappa shape index (κ1) is 11.7. The van der Waals surface area contributed by atoms with Crippen LogP contribution in [0.1, 0.15) is 17.2 Å². The molecular weight excluding hydrogens is 222 g/mol. The van der Waals surface area contributed by atoms with E-state index in [1.807, 2.05) is 6.07 Å². The Morgan fingerprint density at radius 2 is 2.06 bits per heavy atom. The van der Waals surface area contributed by atoms with Gasteiger partial charge in [-0.15, -0.1) is 0 Å². The van der Waals surface area contributed by atoms with Crippen molar-refractivity contribution in [3.8, 4) is 0 Å². The number of nitrogens with two attached hydrogens (primary N) is 1. The van der Waals surface area contributed by atoms with Gasteiger partial charge in [0, 0.05) is 18.4 Å². The minimum absolute atomic E-state index is 0.245. The lowest BCUT2D eigenvalue weighted by atomic mass is 10.0. The molecule has 0 spiro atoms. The number of aromatic nitrogens is 1. The molecule has 0 unspecified atom stereocenters. The van der Waals surface area contributed by atoms with Crippen molar-refractivity contribution in [2.45, 2.75) is 12.5 Å². The van der Waals surface area contributed by atoms with Crippen LogP contribution in [0.4, 0.5) is 8.78 Å². The average Bonchev–Trinajstić information content (AvgIpc) is 2.35. The smallest absolute Gasteiger partial charge is 0.126 e. The summed E-state index contributed by atoms with van der Waals surface area (Å²) in [5.74, 6) is -0.898. The molecule has 1 heterocycles. The third-order valence-electron chi connectivity index (χ3n) is 2.56. The Morgan fingerprint density at radius 3 is 2.76 bits per heavy atom. The fourth-order valence-corrected chi connectivity index (χ4v) is 1.65. The molecule has 0 aliphatic rings. The summed E-state index contributed by atoms with van der Waals surface area (Å²) in [6.07, 6.45) is 3.51. The van der Waals surface area contributed by atoms with Crippen molar-refractivity contribution in [1.82, 2.24) is 4.98 Å². The zero-order chi connectivity index (χ0) is 12.3. The molecule has 2 aromatic rings. The molecule has 2 rings (SSSR count). The summed E-state index contributed by atoms with van der Waals surface area (Å²) < 4.78 is 26.4. The first-order chi connectivity index (χ1) is 8.16. The van der Waals surface area contributed by atoms with Crippen molar-refractivity contribution in [3.63, 3.8) is 0 Å². The summed E-state index contributed by atoms with van der Waals surface area (Å²) in [6.45, 7) is 0. The molecule has 88 valence electrons. The zero-order valence-corrected chi connectivity index (χ0v) is 9.11. The van der Waals surface area contributed by atoms with E-state index in [0.29, 0.717) is 0 Å². The van der Waals surface area contributed by atoms with E-state index in [2.05, 4.69) is 4.98 Å². The molecule has 0 radical (unpaired) electrons. The second-order valence-electron chi connectivity index (χ2n) is 3.83. The predicted molar refractivity (Wildman–Crippen MR) is 61.2 cm³/mol. The molecule has 0 aliphatic carbocycles. The summed E-state index contributed by atoms with van der Waals surface area (Å²) in [7, 11) is 0. The van der Waals surface area contributed by atoms with Crippen molar-refractivity contribution in [1.29, 1.82) is 0 Å². The van der Waals surface area contributed by atoms with E-state index in [-0.39, 0.29) is 18.0 Å². The van der Waals surface area contributed by atoms with Crippen molar-refractivity contribution in [2.75, 3.05) is 0 Å². The van der Waals surface area contributed by atoms with Gasteiger partial charge in [-0.3, -0.25) is 4.98 Å². The van der Waals surface area contributed by atoms with Gasteiger partial charge in [0.1, 0.15) is 11.6 Å². The van der Waals surface area contributed by atoms with Gasteiger partial charge in [0.25, 0.3) is 0 Å². The van der Waals surface area contributed by atoms with Crippen molar-refractivity contribution in [3.05, 3.63) is 65.5 Å². The van der Waals surface area contributed by atoms with Crippen LogP contribution in [-0.2, 0) is 6.42 Å². The molecule has 0 aliphatic heterocycles. The Labute approximate surface area is 98.1 Å². The predicted octanol–water partition coefficient (Wildman–Crippen LogP) is 2.60. The topological polar surface area (TPSA) is 38.9 Å². The molecule has 1 aromatic heterocycles. The number of pyridine rings is 1. The van der Waals surface area contributed by atoms with Crippen LogP contribution in [0.5, 0.6) is 0 Å². The fourth-order valence-electron chi connectivity index (χ4n) is 1.65. The van der Waals surface area contributed by atoms with Crippen LogP contribution in [0, 0.1) is 11.6 Å². The molecule has 2 nitrogen and oxygen atoms in total. The van der Waals surface area contributed by atoms with Crippen LogP contribution in [0.2, 0.25) is 0 Å². The highest BCUT2D eigenvalue weighted by Crippen LogP contribution is 2.18. The monoisotopic (exact) mass is 234 g/mol. The summed E-state index contributed by atoms with van der Waals surface area (Å²) in [5, 5.41) is 0. The highest BCUT2D eigenvalue weighted by molar-refractivity contribution is 5.23. The van der Waals surface area contributed by atoms with Gasteiger partial charge in [0.05, 0.1) is 0 Å². The van der Waals surface area contributed by atoms with Gasteiger partial charge in [0.2, 0.25) is 0 Å². The van der Waals surface area contributed by atoms with Gasteiger partial charge in [-0.05, 0) is 41.8 Å². The highest BCUT2D eigenvalue weighted by atomic mass is 19.1. The number of nitrogens with zero attached hydrogens (tertiary/aromatic N) is 1. The van der Waals surface area contributed by atoms with E-state index < -0.39 is 11.6 Å². The molecule has 1 aromatic carbocycles. The van der Waals surface area contributed by atoms with Crippen molar-refractivity contribution >= 4 is 0 Å². The van der Waals surface area contributed by atoms with Crippen molar-refractivity contribution in [2.24, 2.45) is 5.73 Å².